The third-order valence-electron chi connectivity index (χ3n) is 2.21. The summed E-state index contributed by atoms with van der Waals surface area (Å²) < 4.78 is 4.49. The number of nitrogens with one attached hydrogen (secondary N) is 2. The molecule has 0 saturated heterocycles. The van der Waals surface area contributed by atoms with E-state index in [0.717, 1.165) is 18.7 Å². The summed E-state index contributed by atoms with van der Waals surface area (Å²) in [5.41, 5.74) is 5.96. The van der Waals surface area contributed by atoms with Crippen molar-refractivity contribution in [2.24, 2.45) is 5.73 Å². The first-order valence-corrected chi connectivity index (χ1v) is 6.04. The summed E-state index contributed by atoms with van der Waals surface area (Å²) in [5.74, 6) is -0.324. The van der Waals surface area contributed by atoms with Gasteiger partial charge in [0.15, 0.2) is 0 Å². The van der Waals surface area contributed by atoms with Gasteiger partial charge in [0.25, 0.3) is 5.91 Å². The maximum atomic E-state index is 11.6. The monoisotopic (exact) mass is 266 g/mol. The summed E-state index contributed by atoms with van der Waals surface area (Å²) in [6, 6.07) is 3.42. The van der Waals surface area contributed by atoms with Crippen LogP contribution in [0.1, 0.15) is 23.8 Å². The van der Waals surface area contributed by atoms with Gasteiger partial charge >= 0.3 is 6.09 Å². The van der Waals surface area contributed by atoms with Crippen molar-refractivity contribution in [3.8, 4) is 0 Å². The molecule has 0 unspecified atom stereocenters. The number of nitrogens with two attached hydrogens (primary N) is 1. The van der Waals surface area contributed by atoms with Crippen molar-refractivity contribution in [3.63, 3.8) is 0 Å². The van der Waals surface area contributed by atoms with Gasteiger partial charge in [0, 0.05) is 6.54 Å². The Labute approximate surface area is 111 Å². The summed E-state index contributed by atoms with van der Waals surface area (Å²) in [7, 11) is 0. The summed E-state index contributed by atoms with van der Waals surface area (Å²) in [6.07, 6.45) is 1.76. The van der Waals surface area contributed by atoms with E-state index in [1.807, 2.05) is 0 Å². The zero-order valence-corrected chi connectivity index (χ0v) is 10.8. The fourth-order valence-corrected chi connectivity index (χ4v) is 1.31. The maximum absolute atomic E-state index is 11.6. The Hall–Kier alpha value is -2.31. The van der Waals surface area contributed by atoms with E-state index in [2.05, 4.69) is 27.3 Å². The van der Waals surface area contributed by atoms with Crippen molar-refractivity contribution in [2.75, 3.05) is 25.0 Å². The van der Waals surface area contributed by atoms with Crippen molar-refractivity contribution < 1.29 is 14.3 Å². The van der Waals surface area contributed by atoms with Crippen LogP contribution in [-0.2, 0) is 4.74 Å². The molecular formula is C12H18N4O3. The second kappa shape index (κ2) is 7.91. The molecule has 7 nitrogen and oxygen atoms in total. The molecule has 0 aliphatic heterocycles. The highest BCUT2D eigenvalue weighted by Gasteiger charge is 2.06. The van der Waals surface area contributed by atoms with Gasteiger partial charge in [0.2, 0.25) is 0 Å². The van der Waals surface area contributed by atoms with Crippen molar-refractivity contribution in [1.29, 1.82) is 0 Å². The molecule has 1 aromatic rings. The number of carbonyl (C=O) groups excluding carboxylic acids is 2. The third-order valence-corrected chi connectivity index (χ3v) is 2.21. The van der Waals surface area contributed by atoms with Crippen LogP contribution >= 0.6 is 0 Å². The first kappa shape index (κ1) is 14.7. The first-order valence-electron chi connectivity index (χ1n) is 6.04. The lowest BCUT2D eigenvalue weighted by Gasteiger charge is -2.06. The highest BCUT2D eigenvalue weighted by molar-refractivity contribution is 5.92. The number of amides is 2. The van der Waals surface area contributed by atoms with Crippen LogP contribution in [0.2, 0.25) is 0 Å². The number of ether oxygens (including phenoxy) is 1. The van der Waals surface area contributed by atoms with Crippen LogP contribution in [0.15, 0.2) is 18.3 Å². The molecule has 0 fully saturated rings. The summed E-state index contributed by atoms with van der Waals surface area (Å²) in [5, 5.41) is 5.72. The molecule has 4 N–H and O–H groups in total. The van der Waals surface area contributed by atoms with Gasteiger partial charge in [0.1, 0.15) is 12.3 Å². The van der Waals surface area contributed by atoms with E-state index in [1.165, 1.54) is 0 Å². The molecule has 0 spiro atoms. The number of aromatic nitrogens is 1. The number of rotatable bonds is 7. The topological polar surface area (TPSA) is 106 Å². The molecule has 0 aliphatic carbocycles. The maximum Gasteiger partial charge on any atom is 0.404 e. The Bertz CT molecular complexity index is 419. The lowest BCUT2D eigenvalue weighted by molar-refractivity contribution is 0.0932. The fraction of sp³-hybridized carbons (Fsp3) is 0.417. The SMILES string of the molecule is CCCNc1ccc(C(=O)NCCOC(N)=O)nc1. The minimum atomic E-state index is -0.862. The number of pyridine rings is 1. The first-order chi connectivity index (χ1) is 9.13. The second-order valence-corrected chi connectivity index (χ2v) is 3.78. The van der Waals surface area contributed by atoms with E-state index < -0.39 is 6.09 Å². The normalized spacial score (nSPS) is 9.74. The predicted molar refractivity (Wildman–Crippen MR) is 70.9 cm³/mol. The van der Waals surface area contributed by atoms with E-state index in [1.54, 1.807) is 18.3 Å². The van der Waals surface area contributed by atoms with E-state index in [9.17, 15) is 9.59 Å². The van der Waals surface area contributed by atoms with Crippen molar-refractivity contribution in [3.05, 3.63) is 24.0 Å². The van der Waals surface area contributed by atoms with Crippen LogP contribution in [0, 0.1) is 0 Å². The van der Waals surface area contributed by atoms with Gasteiger partial charge in [-0.05, 0) is 18.6 Å². The van der Waals surface area contributed by atoms with Crippen LogP contribution in [0.25, 0.3) is 0 Å². The number of nitrogens with zero attached hydrogens (tertiary/aromatic N) is 1. The Morgan fingerprint density at radius 3 is 2.74 bits per heavy atom. The molecule has 1 heterocycles. The molecule has 7 heteroatoms. The Morgan fingerprint density at radius 1 is 1.37 bits per heavy atom. The van der Waals surface area contributed by atoms with Crippen LogP contribution in [0.4, 0.5) is 10.5 Å². The number of primary amides is 1. The van der Waals surface area contributed by atoms with Gasteiger partial charge in [-0.1, -0.05) is 6.92 Å². The predicted octanol–water partition coefficient (Wildman–Crippen LogP) is 0.729. The average molecular weight is 266 g/mol. The van der Waals surface area contributed by atoms with Crippen LogP contribution in [0.5, 0.6) is 0 Å². The van der Waals surface area contributed by atoms with E-state index in [-0.39, 0.29) is 19.1 Å². The molecule has 19 heavy (non-hydrogen) atoms. The molecule has 1 rings (SSSR count). The Morgan fingerprint density at radius 2 is 2.16 bits per heavy atom. The molecule has 1 aromatic heterocycles. The van der Waals surface area contributed by atoms with Crippen molar-refractivity contribution in [1.82, 2.24) is 10.3 Å². The smallest absolute Gasteiger partial charge is 0.404 e. The standard InChI is InChI=1S/C12H18N4O3/c1-2-5-14-9-3-4-10(16-8-9)11(17)15-6-7-19-12(13)18/h3-4,8,14H,2,5-7H2,1H3,(H2,13,18)(H,15,17). The van der Waals surface area contributed by atoms with Gasteiger partial charge in [0.05, 0.1) is 18.4 Å². The number of hydrogen-bond donors (Lipinski definition) is 3. The van der Waals surface area contributed by atoms with Gasteiger partial charge < -0.3 is 21.1 Å². The van der Waals surface area contributed by atoms with Crippen LogP contribution in [0.3, 0.4) is 0 Å². The van der Waals surface area contributed by atoms with Crippen LogP contribution in [-0.4, -0.2) is 36.7 Å². The third kappa shape index (κ3) is 5.71. The Kier molecular flexibility index (Phi) is 6.14. The molecule has 0 atom stereocenters. The van der Waals surface area contributed by atoms with Gasteiger partial charge in [-0.3, -0.25) is 4.79 Å². The number of anilines is 1. The van der Waals surface area contributed by atoms with Gasteiger partial charge in [-0.15, -0.1) is 0 Å². The minimum Gasteiger partial charge on any atom is -0.448 e. The van der Waals surface area contributed by atoms with E-state index in [4.69, 9.17) is 5.73 Å². The van der Waals surface area contributed by atoms with Crippen LogP contribution < -0.4 is 16.4 Å². The summed E-state index contributed by atoms with van der Waals surface area (Å²) in [6.45, 7) is 3.16. The van der Waals surface area contributed by atoms with Gasteiger partial charge in [-0.2, -0.15) is 0 Å². The molecule has 2 amide bonds. The lowest BCUT2D eigenvalue weighted by Crippen LogP contribution is -2.29. The summed E-state index contributed by atoms with van der Waals surface area (Å²) in [4.78, 5) is 26.0. The molecule has 0 bridgehead atoms. The lowest BCUT2D eigenvalue weighted by atomic mass is 10.3. The molecule has 0 aliphatic rings. The van der Waals surface area contributed by atoms with Gasteiger partial charge in [-0.25, -0.2) is 9.78 Å². The largest absolute Gasteiger partial charge is 0.448 e. The minimum absolute atomic E-state index is 0.0389. The van der Waals surface area contributed by atoms with Crippen molar-refractivity contribution >= 4 is 17.7 Å². The van der Waals surface area contributed by atoms with Crippen molar-refractivity contribution in [2.45, 2.75) is 13.3 Å². The summed E-state index contributed by atoms with van der Waals surface area (Å²) >= 11 is 0. The molecule has 0 aromatic carbocycles. The zero-order chi connectivity index (χ0) is 14.1. The number of carbonyl (C=O) groups is 2. The Balaban J connectivity index is 2.37. The van der Waals surface area contributed by atoms with E-state index in [0.29, 0.717) is 5.69 Å². The highest BCUT2D eigenvalue weighted by Crippen LogP contribution is 2.05. The number of hydrogen-bond acceptors (Lipinski definition) is 5. The van der Waals surface area contributed by atoms with E-state index >= 15 is 0 Å². The molecule has 0 radical (unpaired) electrons. The molecular weight excluding hydrogens is 248 g/mol. The highest BCUT2D eigenvalue weighted by atomic mass is 16.5. The quantitative estimate of drug-likeness (QED) is 0.631. The zero-order valence-electron chi connectivity index (χ0n) is 10.8. The average Bonchev–Trinajstić information content (AvgIpc) is 2.41. The molecule has 0 saturated carbocycles. The second-order valence-electron chi connectivity index (χ2n) is 3.78. The molecule has 104 valence electrons. The fourth-order valence-electron chi connectivity index (χ4n) is 1.31.